The molecule has 6 atom stereocenters. The molecular formula is C20H32O3Si. The van der Waals surface area contributed by atoms with Crippen molar-refractivity contribution in [1.29, 1.82) is 0 Å². The van der Waals surface area contributed by atoms with Crippen molar-refractivity contribution in [3.8, 4) is 0 Å². The van der Waals surface area contributed by atoms with Crippen LogP contribution in [0.1, 0.15) is 59.3 Å². The maximum atomic E-state index is 12.8. The SMILES string of the molecule is CC(C)(C)[Si](C)(C)O[C@H]1C[C@@H]2C(=O)CC[C@H]3C(=O)C[C@@H]4CC[C@@H]1[C@]423. The second-order valence-electron chi connectivity index (χ2n) is 10.3. The van der Waals surface area contributed by atoms with Crippen LogP contribution in [0, 0.1) is 29.1 Å². The highest BCUT2D eigenvalue weighted by Crippen LogP contribution is 2.71. The molecule has 3 nitrogen and oxygen atoms in total. The molecule has 0 N–H and O–H groups in total. The van der Waals surface area contributed by atoms with Crippen molar-refractivity contribution in [3.63, 3.8) is 0 Å². The van der Waals surface area contributed by atoms with Crippen LogP contribution in [0.3, 0.4) is 0 Å². The van der Waals surface area contributed by atoms with Gasteiger partial charge in [-0.1, -0.05) is 20.8 Å². The molecule has 0 aromatic carbocycles. The monoisotopic (exact) mass is 348 g/mol. The quantitative estimate of drug-likeness (QED) is 0.696. The van der Waals surface area contributed by atoms with Gasteiger partial charge in [0.2, 0.25) is 0 Å². The van der Waals surface area contributed by atoms with E-state index in [1.165, 1.54) is 0 Å². The van der Waals surface area contributed by atoms with Crippen LogP contribution in [0.15, 0.2) is 0 Å². The Balaban J connectivity index is 1.70. The third-order valence-electron chi connectivity index (χ3n) is 8.46. The molecule has 0 amide bonds. The summed E-state index contributed by atoms with van der Waals surface area (Å²) >= 11 is 0. The van der Waals surface area contributed by atoms with Gasteiger partial charge in [0.05, 0.1) is 0 Å². The first kappa shape index (κ1) is 17.0. The van der Waals surface area contributed by atoms with E-state index in [4.69, 9.17) is 4.43 Å². The summed E-state index contributed by atoms with van der Waals surface area (Å²) in [5.41, 5.74) is -0.0144. The predicted molar refractivity (Wildman–Crippen MR) is 96.2 cm³/mol. The van der Waals surface area contributed by atoms with Gasteiger partial charge in [-0.3, -0.25) is 9.59 Å². The Bertz CT molecular complexity index is 590. The van der Waals surface area contributed by atoms with E-state index >= 15 is 0 Å². The van der Waals surface area contributed by atoms with E-state index in [0.717, 1.165) is 32.1 Å². The predicted octanol–water partition coefficient (Wildman–Crippen LogP) is 4.36. The highest BCUT2D eigenvalue weighted by Gasteiger charge is 2.72. The molecule has 0 unspecified atom stereocenters. The third kappa shape index (κ3) is 1.99. The van der Waals surface area contributed by atoms with Crippen LogP contribution in [0.5, 0.6) is 0 Å². The van der Waals surface area contributed by atoms with Gasteiger partial charge in [0.25, 0.3) is 0 Å². The van der Waals surface area contributed by atoms with Gasteiger partial charge in [-0.05, 0) is 61.1 Å². The summed E-state index contributed by atoms with van der Waals surface area (Å²) in [5, 5.41) is 0.186. The molecule has 4 saturated carbocycles. The van der Waals surface area contributed by atoms with Gasteiger partial charge in [0, 0.05) is 30.8 Å². The molecule has 4 aliphatic carbocycles. The van der Waals surface area contributed by atoms with Crippen LogP contribution in [-0.4, -0.2) is 26.0 Å². The van der Waals surface area contributed by atoms with E-state index in [1.807, 2.05) is 0 Å². The molecule has 1 spiro atoms. The van der Waals surface area contributed by atoms with Crippen LogP contribution in [-0.2, 0) is 14.0 Å². The molecule has 4 rings (SSSR count). The summed E-state index contributed by atoms with van der Waals surface area (Å²) in [4.78, 5) is 25.4. The Morgan fingerprint density at radius 2 is 1.75 bits per heavy atom. The molecule has 0 radical (unpaired) electrons. The van der Waals surface area contributed by atoms with Gasteiger partial charge in [-0.25, -0.2) is 0 Å². The Morgan fingerprint density at radius 3 is 2.42 bits per heavy atom. The molecule has 0 aromatic heterocycles. The van der Waals surface area contributed by atoms with Gasteiger partial charge in [0.1, 0.15) is 11.6 Å². The molecule has 0 saturated heterocycles. The normalized spacial score (nSPS) is 44.8. The molecule has 4 fully saturated rings. The van der Waals surface area contributed by atoms with Crippen LogP contribution in [0.2, 0.25) is 18.1 Å². The molecule has 4 aliphatic rings. The summed E-state index contributed by atoms with van der Waals surface area (Å²) in [5.74, 6) is 2.06. The van der Waals surface area contributed by atoms with Crippen LogP contribution >= 0.6 is 0 Å². The maximum Gasteiger partial charge on any atom is 0.192 e. The van der Waals surface area contributed by atoms with E-state index in [-0.39, 0.29) is 28.4 Å². The van der Waals surface area contributed by atoms with Gasteiger partial charge < -0.3 is 4.43 Å². The molecule has 4 heteroatoms. The molecule has 0 aliphatic heterocycles. The van der Waals surface area contributed by atoms with Crippen molar-refractivity contribution in [3.05, 3.63) is 0 Å². The number of rotatable bonds is 2. The molecule has 24 heavy (non-hydrogen) atoms. The molecule has 0 heterocycles. The third-order valence-corrected chi connectivity index (χ3v) is 13.0. The van der Waals surface area contributed by atoms with Crippen molar-refractivity contribution in [2.24, 2.45) is 29.1 Å². The van der Waals surface area contributed by atoms with Crippen LogP contribution < -0.4 is 0 Å². The Kier molecular flexibility index (Phi) is 3.56. The summed E-state index contributed by atoms with van der Waals surface area (Å²) < 4.78 is 6.85. The number of Topliss-reactive ketones (excluding diaryl/α,β-unsaturated/α-hetero) is 2. The largest absolute Gasteiger partial charge is 0.414 e. The summed E-state index contributed by atoms with van der Waals surface area (Å²) in [7, 11) is -1.86. The van der Waals surface area contributed by atoms with Gasteiger partial charge in [0.15, 0.2) is 8.32 Å². The molecule has 134 valence electrons. The number of carbonyl (C=O) groups is 2. The fourth-order valence-corrected chi connectivity index (χ4v) is 7.90. The Morgan fingerprint density at radius 1 is 1.04 bits per heavy atom. The van der Waals surface area contributed by atoms with E-state index in [1.54, 1.807) is 0 Å². The summed E-state index contributed by atoms with van der Waals surface area (Å²) in [6, 6.07) is 0. The lowest BCUT2D eigenvalue weighted by Gasteiger charge is -2.44. The van der Waals surface area contributed by atoms with Gasteiger partial charge >= 0.3 is 0 Å². The fourth-order valence-electron chi connectivity index (χ4n) is 6.53. The number of hydrogen-bond acceptors (Lipinski definition) is 3. The van der Waals surface area contributed by atoms with Crippen molar-refractivity contribution in [2.75, 3.05) is 0 Å². The van der Waals surface area contributed by atoms with E-state index < -0.39 is 8.32 Å². The van der Waals surface area contributed by atoms with Crippen molar-refractivity contribution in [1.82, 2.24) is 0 Å². The molecule has 0 aromatic rings. The smallest absolute Gasteiger partial charge is 0.192 e. The summed E-state index contributed by atoms with van der Waals surface area (Å²) in [6.45, 7) is 11.5. The van der Waals surface area contributed by atoms with Crippen LogP contribution in [0.25, 0.3) is 0 Å². The average molecular weight is 349 g/mol. The number of carbonyl (C=O) groups excluding carboxylic acids is 2. The average Bonchev–Trinajstić information content (AvgIpc) is 3.03. The topological polar surface area (TPSA) is 43.4 Å². The summed E-state index contributed by atoms with van der Waals surface area (Å²) in [6.07, 6.45) is 5.55. The maximum absolute atomic E-state index is 12.8. The number of hydrogen-bond donors (Lipinski definition) is 0. The highest BCUT2D eigenvalue weighted by molar-refractivity contribution is 6.74. The first-order valence-corrected chi connectivity index (χ1v) is 12.7. The zero-order chi connectivity index (χ0) is 17.5. The van der Waals surface area contributed by atoms with E-state index in [2.05, 4.69) is 33.9 Å². The van der Waals surface area contributed by atoms with Gasteiger partial charge in [-0.2, -0.15) is 0 Å². The lowest BCUT2D eigenvalue weighted by molar-refractivity contribution is -0.137. The van der Waals surface area contributed by atoms with E-state index in [0.29, 0.717) is 29.8 Å². The Hall–Kier alpha value is -0.483. The zero-order valence-corrected chi connectivity index (χ0v) is 16.9. The standard InChI is InChI=1S/C20H32O3Si/c1-19(2,3)24(4,5)23-18-11-15-16(21)9-8-13-17(22)10-12-6-7-14(18)20(12,13)15/h12-15,18H,6-11H2,1-5H3/t12-,13-,14-,15+,18-,20+/m0/s1. The lowest BCUT2D eigenvalue weighted by atomic mass is 9.58. The second kappa shape index (κ2) is 5.03. The minimum atomic E-state index is -1.86. The number of ketones is 2. The van der Waals surface area contributed by atoms with Crippen molar-refractivity contribution < 1.29 is 14.0 Å². The molecular weight excluding hydrogens is 316 g/mol. The fraction of sp³-hybridized carbons (Fsp3) is 0.900. The first-order valence-electron chi connectivity index (χ1n) is 9.82. The van der Waals surface area contributed by atoms with Crippen molar-refractivity contribution in [2.45, 2.75) is 83.5 Å². The van der Waals surface area contributed by atoms with Crippen LogP contribution in [0.4, 0.5) is 0 Å². The van der Waals surface area contributed by atoms with Crippen molar-refractivity contribution >= 4 is 19.9 Å². The lowest BCUT2D eigenvalue weighted by Crippen LogP contribution is -2.48. The molecule has 0 bridgehead atoms. The van der Waals surface area contributed by atoms with Gasteiger partial charge in [-0.15, -0.1) is 0 Å². The first-order chi connectivity index (χ1) is 11.1. The van der Waals surface area contributed by atoms with E-state index in [9.17, 15) is 9.59 Å². The minimum absolute atomic E-state index is 0.0144. The highest BCUT2D eigenvalue weighted by atomic mass is 28.4. The zero-order valence-electron chi connectivity index (χ0n) is 15.9. The Labute approximate surface area is 147 Å². The minimum Gasteiger partial charge on any atom is -0.414 e. The second-order valence-corrected chi connectivity index (χ2v) is 15.1.